The van der Waals surface area contributed by atoms with Crippen molar-refractivity contribution in [2.75, 3.05) is 6.54 Å². The van der Waals surface area contributed by atoms with Crippen molar-refractivity contribution in [1.82, 2.24) is 4.90 Å². The molecule has 3 rings (SSSR count). The SMILES string of the molecule is O=C(O)CCCN1C(=O)C(=Cc2cccc(-c3cc(F)ccc3F)c2)SC1=S. The van der Waals surface area contributed by atoms with Crippen LogP contribution in [0.15, 0.2) is 47.4 Å². The van der Waals surface area contributed by atoms with Gasteiger partial charge in [-0.3, -0.25) is 14.5 Å². The molecule has 2 aromatic carbocycles. The van der Waals surface area contributed by atoms with Crippen molar-refractivity contribution in [2.24, 2.45) is 0 Å². The molecule has 1 aliphatic heterocycles. The molecule has 0 bridgehead atoms. The van der Waals surface area contributed by atoms with Gasteiger partial charge in [0.1, 0.15) is 16.0 Å². The molecule has 2 aromatic rings. The van der Waals surface area contributed by atoms with E-state index in [-0.39, 0.29) is 24.4 Å². The van der Waals surface area contributed by atoms with Gasteiger partial charge in [-0.1, -0.05) is 42.2 Å². The second-order valence-electron chi connectivity index (χ2n) is 6.08. The number of carboxylic acids is 1. The normalized spacial score (nSPS) is 15.5. The smallest absolute Gasteiger partial charge is 0.303 e. The number of hydrogen-bond acceptors (Lipinski definition) is 4. The summed E-state index contributed by atoms with van der Waals surface area (Å²) in [5.41, 5.74) is 1.27. The topological polar surface area (TPSA) is 57.6 Å². The van der Waals surface area contributed by atoms with Gasteiger partial charge in [0.05, 0.1) is 4.91 Å². The monoisotopic (exact) mass is 419 g/mol. The first-order valence-corrected chi connectivity index (χ1v) is 9.60. The Balaban J connectivity index is 1.82. The first-order valence-electron chi connectivity index (χ1n) is 8.38. The van der Waals surface area contributed by atoms with Gasteiger partial charge in [0.2, 0.25) is 0 Å². The lowest BCUT2D eigenvalue weighted by Crippen LogP contribution is -2.29. The summed E-state index contributed by atoms with van der Waals surface area (Å²) in [6.45, 7) is 0.239. The van der Waals surface area contributed by atoms with Gasteiger partial charge in [0, 0.05) is 18.5 Å². The molecule has 28 heavy (non-hydrogen) atoms. The first kappa shape index (κ1) is 20.2. The third-order valence-corrected chi connectivity index (χ3v) is 5.45. The van der Waals surface area contributed by atoms with Crippen LogP contribution in [0.25, 0.3) is 17.2 Å². The van der Waals surface area contributed by atoms with Crippen LogP contribution in [0.1, 0.15) is 18.4 Å². The molecular formula is C20H15F2NO3S2. The highest BCUT2D eigenvalue weighted by atomic mass is 32.2. The molecule has 144 valence electrons. The molecule has 1 amide bonds. The number of carbonyl (C=O) groups excluding carboxylic acids is 1. The average molecular weight is 419 g/mol. The van der Waals surface area contributed by atoms with E-state index < -0.39 is 17.6 Å². The minimum Gasteiger partial charge on any atom is -0.481 e. The summed E-state index contributed by atoms with van der Waals surface area (Å²) in [5.74, 6) is -2.29. The summed E-state index contributed by atoms with van der Waals surface area (Å²) < 4.78 is 27.9. The maximum Gasteiger partial charge on any atom is 0.303 e. The molecule has 1 N–H and O–H groups in total. The van der Waals surface area contributed by atoms with Gasteiger partial charge in [0.25, 0.3) is 5.91 Å². The van der Waals surface area contributed by atoms with E-state index >= 15 is 0 Å². The van der Waals surface area contributed by atoms with Crippen molar-refractivity contribution in [2.45, 2.75) is 12.8 Å². The zero-order valence-electron chi connectivity index (χ0n) is 14.5. The van der Waals surface area contributed by atoms with Crippen LogP contribution in [0.5, 0.6) is 0 Å². The Labute approximate surface area is 169 Å². The van der Waals surface area contributed by atoms with E-state index in [1.807, 2.05) is 0 Å². The molecule has 0 aliphatic carbocycles. The number of rotatable bonds is 6. The van der Waals surface area contributed by atoms with Gasteiger partial charge < -0.3 is 5.11 Å². The van der Waals surface area contributed by atoms with Crippen LogP contribution in [-0.2, 0) is 9.59 Å². The second kappa shape index (κ2) is 8.62. The van der Waals surface area contributed by atoms with Gasteiger partial charge in [-0.05, 0) is 47.9 Å². The van der Waals surface area contributed by atoms with Gasteiger partial charge in [-0.2, -0.15) is 0 Å². The molecule has 0 atom stereocenters. The van der Waals surface area contributed by atoms with Crippen LogP contribution in [0.2, 0.25) is 0 Å². The largest absolute Gasteiger partial charge is 0.481 e. The Morgan fingerprint density at radius 3 is 2.75 bits per heavy atom. The Morgan fingerprint density at radius 1 is 1.21 bits per heavy atom. The average Bonchev–Trinajstić information content (AvgIpc) is 2.91. The van der Waals surface area contributed by atoms with Gasteiger partial charge in [-0.25, -0.2) is 8.78 Å². The third kappa shape index (κ3) is 4.63. The zero-order valence-corrected chi connectivity index (χ0v) is 16.2. The Kier molecular flexibility index (Phi) is 6.21. The number of thioether (sulfide) groups is 1. The van der Waals surface area contributed by atoms with Gasteiger partial charge in [0.15, 0.2) is 0 Å². The fraction of sp³-hybridized carbons (Fsp3) is 0.150. The number of halogens is 2. The lowest BCUT2D eigenvalue weighted by atomic mass is 10.0. The highest BCUT2D eigenvalue weighted by Gasteiger charge is 2.31. The number of aliphatic carboxylic acids is 1. The molecule has 1 heterocycles. The molecule has 1 fully saturated rings. The number of hydrogen-bond donors (Lipinski definition) is 1. The van der Waals surface area contributed by atoms with E-state index in [1.165, 1.54) is 4.90 Å². The standard InChI is InChI=1S/C20H15F2NO3S2/c21-14-6-7-16(22)15(11-14)13-4-1-3-12(9-13)10-17-19(26)23(20(27)28-17)8-2-5-18(24)25/h1,3-4,6-7,9-11H,2,5,8H2,(H,24,25). The maximum absolute atomic E-state index is 14.0. The molecular weight excluding hydrogens is 404 g/mol. The Morgan fingerprint density at radius 2 is 2.00 bits per heavy atom. The summed E-state index contributed by atoms with van der Waals surface area (Å²) in [4.78, 5) is 25.0. The van der Waals surface area contributed by atoms with E-state index in [0.717, 1.165) is 30.0 Å². The van der Waals surface area contributed by atoms with Crippen LogP contribution < -0.4 is 0 Å². The van der Waals surface area contributed by atoms with Gasteiger partial charge in [-0.15, -0.1) is 0 Å². The highest BCUT2D eigenvalue weighted by Crippen LogP contribution is 2.33. The quantitative estimate of drug-likeness (QED) is 0.543. The van der Waals surface area contributed by atoms with Crippen molar-refractivity contribution < 1.29 is 23.5 Å². The number of thiocarbonyl (C=S) groups is 1. The second-order valence-corrected chi connectivity index (χ2v) is 7.76. The molecule has 0 radical (unpaired) electrons. The van der Waals surface area contributed by atoms with Crippen molar-refractivity contribution in [3.05, 3.63) is 64.6 Å². The van der Waals surface area contributed by atoms with Crippen molar-refractivity contribution in [3.63, 3.8) is 0 Å². The number of amides is 1. The fourth-order valence-corrected chi connectivity index (χ4v) is 4.06. The Hall–Kier alpha value is -2.58. The Bertz CT molecular complexity index is 991. The molecule has 1 aliphatic rings. The number of carbonyl (C=O) groups is 2. The molecule has 1 saturated heterocycles. The van der Waals surface area contributed by atoms with E-state index in [2.05, 4.69) is 0 Å². The first-order chi connectivity index (χ1) is 13.3. The molecule has 0 saturated carbocycles. The van der Waals surface area contributed by atoms with Crippen LogP contribution >= 0.6 is 24.0 Å². The minimum absolute atomic E-state index is 0.0443. The molecule has 8 heteroatoms. The molecule has 0 aromatic heterocycles. The lowest BCUT2D eigenvalue weighted by Gasteiger charge is -2.13. The number of benzene rings is 2. The van der Waals surface area contributed by atoms with E-state index in [4.69, 9.17) is 17.3 Å². The van der Waals surface area contributed by atoms with Crippen molar-refractivity contribution in [1.29, 1.82) is 0 Å². The predicted molar refractivity (Wildman–Crippen MR) is 109 cm³/mol. The zero-order chi connectivity index (χ0) is 20.3. The summed E-state index contributed by atoms with van der Waals surface area (Å²) in [7, 11) is 0. The summed E-state index contributed by atoms with van der Waals surface area (Å²) >= 11 is 6.34. The third-order valence-electron chi connectivity index (χ3n) is 4.07. The summed E-state index contributed by atoms with van der Waals surface area (Å²) in [5, 5.41) is 8.72. The summed E-state index contributed by atoms with van der Waals surface area (Å²) in [6, 6.07) is 10.0. The molecule has 0 spiro atoms. The molecule has 4 nitrogen and oxygen atoms in total. The maximum atomic E-state index is 14.0. The minimum atomic E-state index is -0.928. The number of nitrogens with zero attached hydrogens (tertiary/aromatic N) is 1. The summed E-state index contributed by atoms with van der Waals surface area (Å²) in [6.07, 6.45) is 1.90. The van der Waals surface area contributed by atoms with Crippen molar-refractivity contribution in [3.8, 4) is 11.1 Å². The van der Waals surface area contributed by atoms with E-state index in [1.54, 1.807) is 30.3 Å². The number of carboxylic acid groups (broad SMARTS) is 1. The fourth-order valence-electron chi connectivity index (χ4n) is 2.75. The van der Waals surface area contributed by atoms with Gasteiger partial charge >= 0.3 is 5.97 Å². The van der Waals surface area contributed by atoms with Crippen LogP contribution in [0, 0.1) is 11.6 Å². The van der Waals surface area contributed by atoms with Crippen LogP contribution in [-0.4, -0.2) is 32.7 Å². The van der Waals surface area contributed by atoms with Crippen LogP contribution in [0.4, 0.5) is 8.78 Å². The highest BCUT2D eigenvalue weighted by molar-refractivity contribution is 8.26. The lowest BCUT2D eigenvalue weighted by molar-refractivity contribution is -0.137. The van der Waals surface area contributed by atoms with E-state index in [0.29, 0.717) is 26.8 Å². The predicted octanol–water partition coefficient (Wildman–Crippen LogP) is 4.70. The van der Waals surface area contributed by atoms with Crippen LogP contribution in [0.3, 0.4) is 0 Å². The van der Waals surface area contributed by atoms with E-state index in [9.17, 15) is 18.4 Å². The van der Waals surface area contributed by atoms with Crippen molar-refractivity contribution >= 4 is 46.3 Å². The molecule has 0 unspecified atom stereocenters.